The summed E-state index contributed by atoms with van der Waals surface area (Å²) >= 11 is 2.07. The van der Waals surface area contributed by atoms with Gasteiger partial charge in [-0.1, -0.05) is 12.1 Å². The zero-order valence-corrected chi connectivity index (χ0v) is 22.3. The lowest BCUT2D eigenvalue weighted by atomic mass is 10.0. The Morgan fingerprint density at radius 3 is 2.38 bits per heavy atom. The average Bonchev–Trinajstić information content (AvgIpc) is 2.87. The van der Waals surface area contributed by atoms with Gasteiger partial charge in [-0.3, -0.25) is 14.9 Å². The lowest BCUT2D eigenvalue weighted by Crippen LogP contribution is -2.27. The number of para-hydroxylation sites is 2. The van der Waals surface area contributed by atoms with E-state index in [2.05, 4.69) is 33.2 Å². The molecule has 0 aliphatic heterocycles. The van der Waals surface area contributed by atoms with Crippen molar-refractivity contribution in [3.63, 3.8) is 0 Å². The van der Waals surface area contributed by atoms with E-state index >= 15 is 0 Å². The maximum atomic E-state index is 12.8. The number of carbonyl (C=O) groups is 3. The Bertz CT molecular complexity index is 1310. The topological polar surface area (TPSA) is 140 Å². The number of phenols is 1. The van der Waals surface area contributed by atoms with Crippen LogP contribution in [0.3, 0.4) is 0 Å². The summed E-state index contributed by atoms with van der Waals surface area (Å²) in [7, 11) is 1.39. The number of nitrogens with one attached hydrogen (secondary N) is 2. The number of nitrogen functional groups attached to an aromatic ring is 1. The van der Waals surface area contributed by atoms with Gasteiger partial charge in [-0.05, 0) is 90.2 Å². The van der Waals surface area contributed by atoms with E-state index in [9.17, 15) is 19.5 Å². The predicted octanol–water partition coefficient (Wildman–Crippen LogP) is 5.28. The van der Waals surface area contributed by atoms with Crippen molar-refractivity contribution in [2.24, 2.45) is 0 Å². The van der Waals surface area contributed by atoms with E-state index in [0.29, 0.717) is 22.6 Å². The van der Waals surface area contributed by atoms with Crippen molar-refractivity contribution in [2.75, 3.05) is 23.5 Å². The number of phenolic OH excluding ortho intramolecular Hbond substituents is 1. The van der Waals surface area contributed by atoms with Crippen LogP contribution in [-0.4, -0.2) is 36.1 Å². The molecule has 5 N–H and O–H groups in total. The first-order valence-electron chi connectivity index (χ1n) is 11.1. The zero-order valence-electron chi connectivity index (χ0n) is 20.1. The van der Waals surface area contributed by atoms with Crippen LogP contribution in [0.2, 0.25) is 0 Å². The summed E-state index contributed by atoms with van der Waals surface area (Å²) in [6.45, 7) is 1.45. The second kappa shape index (κ2) is 12.9. The van der Waals surface area contributed by atoms with Crippen molar-refractivity contribution >= 4 is 57.4 Å². The maximum Gasteiger partial charge on any atom is 0.412 e. The molecule has 9 nitrogen and oxygen atoms in total. The van der Waals surface area contributed by atoms with E-state index in [1.807, 2.05) is 0 Å². The number of nitrogens with two attached hydrogens (primary N) is 1. The van der Waals surface area contributed by atoms with Crippen LogP contribution in [0.5, 0.6) is 5.75 Å². The highest BCUT2D eigenvalue weighted by molar-refractivity contribution is 14.1. The Labute approximate surface area is 227 Å². The first kappa shape index (κ1) is 27.7. The summed E-state index contributed by atoms with van der Waals surface area (Å²) in [6, 6.07) is 18.0. The molecule has 0 heterocycles. The van der Waals surface area contributed by atoms with Gasteiger partial charge >= 0.3 is 6.09 Å². The second-order valence-corrected chi connectivity index (χ2v) is 9.17. The smallest absolute Gasteiger partial charge is 0.412 e. The number of Topliss-reactive ketones (excluding diaryl/α,β-unsaturated/α-hetero) is 1. The van der Waals surface area contributed by atoms with Crippen LogP contribution in [0.15, 0.2) is 78.9 Å². The monoisotopic (exact) mass is 615 g/mol. The van der Waals surface area contributed by atoms with Gasteiger partial charge in [0, 0.05) is 33.6 Å². The van der Waals surface area contributed by atoms with E-state index in [4.69, 9.17) is 15.2 Å². The van der Waals surface area contributed by atoms with E-state index in [1.54, 1.807) is 60.7 Å². The Hall–Kier alpha value is -3.90. The fraction of sp³-hybridized carbons (Fsp3) is 0.148. The number of hydrogen-bond acceptors (Lipinski definition) is 7. The van der Waals surface area contributed by atoms with Gasteiger partial charge in [-0.2, -0.15) is 0 Å². The number of aromatic hydroxyl groups is 1. The van der Waals surface area contributed by atoms with Gasteiger partial charge in [-0.25, -0.2) is 4.79 Å². The van der Waals surface area contributed by atoms with Crippen LogP contribution >= 0.6 is 22.6 Å². The fourth-order valence-electron chi connectivity index (χ4n) is 3.38. The quantitative estimate of drug-likeness (QED) is 0.111. The van der Waals surface area contributed by atoms with Crippen LogP contribution in [0.1, 0.15) is 28.9 Å². The van der Waals surface area contributed by atoms with Gasteiger partial charge in [0.05, 0.1) is 11.4 Å². The van der Waals surface area contributed by atoms with Gasteiger partial charge in [0.25, 0.3) is 0 Å². The summed E-state index contributed by atoms with van der Waals surface area (Å²) < 4.78 is 12.0. The molecular formula is C27H26IN3O6. The number of methoxy groups -OCH3 is 1. The largest absolute Gasteiger partial charge is 0.508 e. The minimum absolute atomic E-state index is 0.0999. The SMILES string of the molecule is CO[C@H](/C=C/C(=O)Nc1ccccc1N)[C@H](OC(=O)Nc1ccc(C(C)=O)cc1)c1cc(I)ccc1O. The minimum atomic E-state index is -1.11. The summed E-state index contributed by atoms with van der Waals surface area (Å²) in [5.41, 5.74) is 7.93. The number of ether oxygens (including phenoxy) is 2. The van der Waals surface area contributed by atoms with Gasteiger partial charge in [0.2, 0.25) is 5.91 Å². The van der Waals surface area contributed by atoms with E-state index in [1.165, 1.54) is 32.3 Å². The molecule has 192 valence electrons. The lowest BCUT2D eigenvalue weighted by Gasteiger charge is -2.25. The van der Waals surface area contributed by atoms with Gasteiger partial charge < -0.3 is 25.6 Å². The minimum Gasteiger partial charge on any atom is -0.508 e. The molecular weight excluding hydrogens is 589 g/mol. The Balaban J connectivity index is 1.82. The molecule has 0 aliphatic rings. The third-order valence-corrected chi connectivity index (χ3v) is 5.97. The van der Waals surface area contributed by atoms with Gasteiger partial charge in [-0.15, -0.1) is 0 Å². The second-order valence-electron chi connectivity index (χ2n) is 7.92. The first-order valence-corrected chi connectivity index (χ1v) is 12.2. The van der Waals surface area contributed by atoms with Crippen LogP contribution in [-0.2, 0) is 14.3 Å². The van der Waals surface area contributed by atoms with Crippen LogP contribution in [0.4, 0.5) is 21.9 Å². The molecule has 3 rings (SSSR count). The summed E-state index contributed by atoms with van der Waals surface area (Å²) in [6.07, 6.45) is -0.208. The van der Waals surface area contributed by atoms with Gasteiger partial charge in [0.15, 0.2) is 11.9 Å². The first-order chi connectivity index (χ1) is 17.7. The summed E-state index contributed by atoms with van der Waals surface area (Å²) in [5.74, 6) is -0.682. The standard InChI is InChI=1S/C27H26IN3O6/c1-16(32)17-7-10-19(11-8-17)30-27(35)37-26(20-15-18(28)9-12-23(20)33)24(36-2)13-14-25(34)31-22-6-4-3-5-21(22)29/h3-15,24,26,33H,29H2,1-2H3,(H,30,35)(H,31,34)/b14-13+/t24-,26-/m1/s1. The summed E-state index contributed by atoms with van der Waals surface area (Å²) in [4.78, 5) is 36.8. The third kappa shape index (κ3) is 7.79. The molecule has 2 atom stereocenters. The highest BCUT2D eigenvalue weighted by Crippen LogP contribution is 2.33. The normalized spacial score (nSPS) is 12.5. The average molecular weight is 615 g/mol. The molecule has 10 heteroatoms. The van der Waals surface area contributed by atoms with Crippen LogP contribution in [0.25, 0.3) is 0 Å². The van der Waals surface area contributed by atoms with Crippen molar-refractivity contribution in [3.8, 4) is 5.75 Å². The Morgan fingerprint density at radius 2 is 1.73 bits per heavy atom. The number of ketones is 1. The molecule has 0 unspecified atom stereocenters. The molecule has 3 aromatic rings. The zero-order chi connectivity index (χ0) is 26.9. The van der Waals surface area contributed by atoms with E-state index < -0.39 is 24.2 Å². The number of halogens is 1. The Morgan fingerprint density at radius 1 is 1.03 bits per heavy atom. The molecule has 0 spiro atoms. The highest BCUT2D eigenvalue weighted by atomic mass is 127. The number of hydrogen-bond donors (Lipinski definition) is 4. The molecule has 2 amide bonds. The van der Waals surface area contributed by atoms with Crippen LogP contribution in [0, 0.1) is 3.57 Å². The number of rotatable bonds is 9. The van der Waals surface area contributed by atoms with Gasteiger partial charge in [0.1, 0.15) is 11.9 Å². The maximum absolute atomic E-state index is 12.8. The van der Waals surface area contributed by atoms with Crippen molar-refractivity contribution < 1.29 is 29.0 Å². The van der Waals surface area contributed by atoms with Crippen LogP contribution < -0.4 is 16.4 Å². The molecule has 0 saturated carbocycles. The van der Waals surface area contributed by atoms with E-state index in [0.717, 1.165) is 3.57 Å². The number of amides is 2. The van der Waals surface area contributed by atoms with Crippen molar-refractivity contribution in [1.82, 2.24) is 0 Å². The molecule has 0 bridgehead atoms. The Kier molecular flexibility index (Phi) is 9.64. The van der Waals surface area contributed by atoms with E-state index in [-0.39, 0.29) is 17.1 Å². The van der Waals surface area contributed by atoms with Crippen molar-refractivity contribution in [1.29, 1.82) is 0 Å². The molecule has 0 saturated heterocycles. The molecule has 0 radical (unpaired) electrons. The number of carbonyl (C=O) groups excluding carboxylic acids is 3. The summed E-state index contributed by atoms with van der Waals surface area (Å²) in [5, 5.41) is 15.8. The fourth-order valence-corrected chi connectivity index (χ4v) is 3.90. The highest BCUT2D eigenvalue weighted by Gasteiger charge is 2.28. The molecule has 0 aromatic heterocycles. The third-order valence-electron chi connectivity index (χ3n) is 5.29. The molecule has 37 heavy (non-hydrogen) atoms. The molecule has 0 fully saturated rings. The predicted molar refractivity (Wildman–Crippen MR) is 150 cm³/mol. The molecule has 0 aliphatic carbocycles. The number of anilines is 3. The lowest BCUT2D eigenvalue weighted by molar-refractivity contribution is -0.112. The number of benzene rings is 3. The van der Waals surface area contributed by atoms with Crippen molar-refractivity contribution in [2.45, 2.75) is 19.1 Å². The molecule has 3 aromatic carbocycles. The van der Waals surface area contributed by atoms with Crippen molar-refractivity contribution in [3.05, 3.63) is 93.6 Å².